The van der Waals surface area contributed by atoms with Crippen LogP contribution in [0.2, 0.25) is 0 Å². The van der Waals surface area contributed by atoms with Crippen molar-refractivity contribution in [3.8, 4) is 0 Å². The van der Waals surface area contributed by atoms with Crippen LogP contribution in [0, 0.1) is 23.4 Å². The number of allylic oxidation sites excluding steroid dienone is 1. The minimum Gasteiger partial charge on any atom is -0.206 e. The van der Waals surface area contributed by atoms with E-state index in [1.54, 1.807) is 6.07 Å². The summed E-state index contributed by atoms with van der Waals surface area (Å²) in [5, 5.41) is 1.54. The Morgan fingerprint density at radius 3 is 2.34 bits per heavy atom. The predicted molar refractivity (Wildman–Crippen MR) is 113 cm³/mol. The third-order valence-corrected chi connectivity index (χ3v) is 6.30. The second-order valence-corrected chi connectivity index (χ2v) is 8.12. The van der Waals surface area contributed by atoms with Gasteiger partial charge in [0, 0.05) is 5.39 Å². The minimum atomic E-state index is -0.865. The maximum Gasteiger partial charge on any atom is 0.159 e. The zero-order chi connectivity index (χ0) is 20.4. The first-order valence-corrected chi connectivity index (χ1v) is 10.3. The molecule has 4 rings (SSSR count). The van der Waals surface area contributed by atoms with Crippen LogP contribution >= 0.6 is 0 Å². The lowest BCUT2D eigenvalue weighted by Crippen LogP contribution is -2.11. The van der Waals surface area contributed by atoms with Crippen LogP contribution in [-0.4, -0.2) is 0 Å². The summed E-state index contributed by atoms with van der Waals surface area (Å²) < 4.78 is 41.5. The molecule has 0 saturated heterocycles. The Kier molecular flexibility index (Phi) is 5.75. The third kappa shape index (κ3) is 4.24. The third-order valence-electron chi connectivity index (χ3n) is 6.30. The maximum absolute atomic E-state index is 15.0. The van der Waals surface area contributed by atoms with Gasteiger partial charge in [0.1, 0.15) is 5.82 Å². The van der Waals surface area contributed by atoms with Gasteiger partial charge in [-0.3, -0.25) is 0 Å². The summed E-state index contributed by atoms with van der Waals surface area (Å²) in [6.07, 6.45) is 7.61. The molecule has 0 N–H and O–H groups in total. The van der Waals surface area contributed by atoms with E-state index in [2.05, 4.69) is 24.8 Å². The number of hydrogen-bond donors (Lipinski definition) is 0. The van der Waals surface area contributed by atoms with Crippen molar-refractivity contribution in [2.45, 2.75) is 44.4 Å². The van der Waals surface area contributed by atoms with Crippen molar-refractivity contribution < 1.29 is 13.2 Å². The summed E-state index contributed by atoms with van der Waals surface area (Å²) >= 11 is 0. The van der Waals surface area contributed by atoms with E-state index < -0.39 is 11.6 Å². The van der Waals surface area contributed by atoms with Crippen LogP contribution in [0.5, 0.6) is 0 Å². The van der Waals surface area contributed by atoms with Crippen molar-refractivity contribution in [3.63, 3.8) is 0 Å². The van der Waals surface area contributed by atoms with Gasteiger partial charge in [-0.15, -0.1) is 6.58 Å². The zero-order valence-electron chi connectivity index (χ0n) is 16.4. The van der Waals surface area contributed by atoms with Gasteiger partial charge in [-0.2, -0.15) is 0 Å². The van der Waals surface area contributed by atoms with Gasteiger partial charge in [0.05, 0.1) is 0 Å². The quantitative estimate of drug-likeness (QED) is 0.393. The first kappa shape index (κ1) is 19.8. The second-order valence-electron chi connectivity index (χ2n) is 8.12. The van der Waals surface area contributed by atoms with Crippen molar-refractivity contribution in [2.75, 3.05) is 0 Å². The largest absolute Gasteiger partial charge is 0.206 e. The molecule has 29 heavy (non-hydrogen) atoms. The van der Waals surface area contributed by atoms with Crippen LogP contribution in [0.15, 0.2) is 61.2 Å². The van der Waals surface area contributed by atoms with E-state index in [0.29, 0.717) is 41.2 Å². The average molecular weight is 394 g/mol. The molecule has 0 aromatic heterocycles. The molecule has 1 aliphatic carbocycles. The van der Waals surface area contributed by atoms with Crippen molar-refractivity contribution in [3.05, 3.63) is 95.3 Å². The molecule has 150 valence electrons. The summed E-state index contributed by atoms with van der Waals surface area (Å²) in [7, 11) is 0. The molecule has 0 unspecified atom stereocenters. The molecule has 0 spiro atoms. The Labute approximate surface area is 170 Å². The lowest BCUT2D eigenvalue weighted by molar-refractivity contribution is 0.376. The van der Waals surface area contributed by atoms with E-state index in [-0.39, 0.29) is 5.82 Å². The molecule has 0 nitrogen and oxygen atoms in total. The van der Waals surface area contributed by atoms with Gasteiger partial charge >= 0.3 is 0 Å². The van der Waals surface area contributed by atoms with Gasteiger partial charge in [-0.25, -0.2) is 13.2 Å². The van der Waals surface area contributed by atoms with Crippen LogP contribution in [0.1, 0.15) is 48.3 Å². The SMILES string of the molecule is C=CC1CCC(c2ccc3c(F)c(CCc4ccc(F)c(F)c4)ccc3c2)CC1. The van der Waals surface area contributed by atoms with E-state index in [1.807, 2.05) is 18.2 Å². The fourth-order valence-corrected chi connectivity index (χ4v) is 4.46. The zero-order valence-corrected chi connectivity index (χ0v) is 16.4. The number of rotatable bonds is 5. The highest BCUT2D eigenvalue weighted by molar-refractivity contribution is 5.84. The minimum absolute atomic E-state index is 0.216. The summed E-state index contributed by atoms with van der Waals surface area (Å²) in [4.78, 5) is 0. The Morgan fingerprint density at radius 2 is 1.62 bits per heavy atom. The molecule has 0 radical (unpaired) electrons. The first-order valence-electron chi connectivity index (χ1n) is 10.3. The van der Waals surface area contributed by atoms with Crippen LogP contribution in [-0.2, 0) is 12.8 Å². The van der Waals surface area contributed by atoms with E-state index in [0.717, 1.165) is 24.3 Å². The smallest absolute Gasteiger partial charge is 0.159 e. The summed E-state index contributed by atoms with van der Waals surface area (Å²) in [6, 6.07) is 13.7. The molecular formula is C26H25F3. The monoisotopic (exact) mass is 394 g/mol. The molecule has 3 heteroatoms. The molecule has 1 saturated carbocycles. The fourth-order valence-electron chi connectivity index (χ4n) is 4.46. The first-order chi connectivity index (χ1) is 14.0. The standard InChI is InChI=1S/C26H25F3/c1-2-17-3-7-19(8-4-17)21-12-13-23-22(16-21)11-10-20(26(23)29)9-5-18-6-14-24(27)25(28)15-18/h2,6,10-17,19H,1,3-5,7-9H2. The van der Waals surface area contributed by atoms with Gasteiger partial charge in [0.2, 0.25) is 0 Å². The van der Waals surface area contributed by atoms with Crippen LogP contribution in [0.25, 0.3) is 10.8 Å². The molecule has 1 aliphatic rings. The summed E-state index contributed by atoms with van der Waals surface area (Å²) in [5.74, 6) is -0.782. The molecule has 1 fully saturated rings. The van der Waals surface area contributed by atoms with Gasteiger partial charge < -0.3 is 0 Å². The Balaban J connectivity index is 1.51. The Bertz CT molecular complexity index is 1030. The molecule has 3 aromatic carbocycles. The summed E-state index contributed by atoms with van der Waals surface area (Å²) in [5.41, 5.74) is 2.55. The molecule has 0 atom stereocenters. The van der Waals surface area contributed by atoms with Gasteiger partial charge in [-0.05, 0) is 84.6 Å². The van der Waals surface area contributed by atoms with E-state index in [9.17, 15) is 8.78 Å². The van der Waals surface area contributed by atoms with E-state index in [4.69, 9.17) is 0 Å². The number of hydrogen-bond acceptors (Lipinski definition) is 0. The fraction of sp³-hybridized carbons (Fsp3) is 0.308. The lowest BCUT2D eigenvalue weighted by Gasteiger charge is -2.27. The second kappa shape index (κ2) is 8.44. The molecule has 0 aliphatic heterocycles. The maximum atomic E-state index is 15.0. The van der Waals surface area contributed by atoms with Crippen LogP contribution in [0.3, 0.4) is 0 Å². The molecule has 0 bridgehead atoms. The van der Waals surface area contributed by atoms with Crippen molar-refractivity contribution >= 4 is 10.8 Å². The van der Waals surface area contributed by atoms with Crippen molar-refractivity contribution in [1.29, 1.82) is 0 Å². The highest BCUT2D eigenvalue weighted by atomic mass is 19.2. The molecule has 3 aromatic rings. The van der Waals surface area contributed by atoms with E-state index >= 15 is 4.39 Å². The highest BCUT2D eigenvalue weighted by Crippen LogP contribution is 2.37. The Hall–Kier alpha value is -2.55. The van der Waals surface area contributed by atoms with E-state index in [1.165, 1.54) is 24.5 Å². The van der Waals surface area contributed by atoms with Crippen LogP contribution in [0.4, 0.5) is 13.2 Å². The van der Waals surface area contributed by atoms with Gasteiger partial charge in [0.25, 0.3) is 0 Å². The normalized spacial score (nSPS) is 19.4. The average Bonchev–Trinajstić information content (AvgIpc) is 2.75. The predicted octanol–water partition coefficient (Wildman–Crippen LogP) is 7.50. The van der Waals surface area contributed by atoms with Gasteiger partial charge in [0.15, 0.2) is 11.6 Å². The topological polar surface area (TPSA) is 0 Å². The number of halogens is 3. The highest BCUT2D eigenvalue weighted by Gasteiger charge is 2.21. The molecule has 0 amide bonds. The number of aryl methyl sites for hydroxylation is 2. The summed E-state index contributed by atoms with van der Waals surface area (Å²) in [6.45, 7) is 3.91. The number of benzene rings is 3. The number of fused-ring (bicyclic) bond motifs is 1. The molecular weight excluding hydrogens is 369 g/mol. The molecule has 0 heterocycles. The van der Waals surface area contributed by atoms with Crippen LogP contribution < -0.4 is 0 Å². The Morgan fingerprint density at radius 1 is 0.828 bits per heavy atom. The van der Waals surface area contributed by atoms with Gasteiger partial charge in [-0.1, -0.05) is 42.5 Å². The van der Waals surface area contributed by atoms with Crippen molar-refractivity contribution in [2.24, 2.45) is 5.92 Å². The lowest BCUT2D eigenvalue weighted by atomic mass is 9.78. The van der Waals surface area contributed by atoms with Crippen molar-refractivity contribution in [1.82, 2.24) is 0 Å².